The molecule has 0 saturated heterocycles. The quantitative estimate of drug-likeness (QED) is 0.488. The van der Waals surface area contributed by atoms with Crippen LogP contribution in [0.5, 0.6) is 5.75 Å². The molecule has 4 aromatic rings. The van der Waals surface area contributed by atoms with Crippen molar-refractivity contribution in [2.75, 3.05) is 5.32 Å². The van der Waals surface area contributed by atoms with E-state index >= 15 is 0 Å². The van der Waals surface area contributed by atoms with E-state index in [0.717, 1.165) is 16.6 Å². The van der Waals surface area contributed by atoms with Gasteiger partial charge in [0.1, 0.15) is 23.1 Å². The lowest BCUT2D eigenvalue weighted by molar-refractivity contribution is 0.458. The van der Waals surface area contributed by atoms with Crippen molar-refractivity contribution in [2.24, 2.45) is 0 Å². The van der Waals surface area contributed by atoms with Crippen molar-refractivity contribution >= 4 is 28.2 Å². The molecule has 1 atom stereocenters. The van der Waals surface area contributed by atoms with Crippen molar-refractivity contribution in [2.45, 2.75) is 13.0 Å². The number of hydrogen-bond donors (Lipinski definition) is 2. The first-order valence-corrected chi connectivity index (χ1v) is 8.64. The maximum absolute atomic E-state index is 10.8. The number of hydrogen-bond acceptors (Lipinski definition) is 4. The SMILES string of the molecule is Cc1cc(Cl)ccc1NC(c1ccco1)c1ccc2cccnc2c1O. The highest BCUT2D eigenvalue weighted by atomic mass is 35.5. The van der Waals surface area contributed by atoms with Crippen molar-refractivity contribution < 1.29 is 9.52 Å². The van der Waals surface area contributed by atoms with Gasteiger partial charge in [0, 0.05) is 27.9 Å². The molecule has 5 heteroatoms. The Labute approximate surface area is 156 Å². The molecule has 26 heavy (non-hydrogen) atoms. The van der Waals surface area contributed by atoms with Crippen molar-refractivity contribution in [1.82, 2.24) is 4.98 Å². The van der Waals surface area contributed by atoms with E-state index in [9.17, 15) is 5.11 Å². The molecular formula is C21H17ClN2O2. The van der Waals surface area contributed by atoms with Crippen LogP contribution in [0.1, 0.15) is 22.9 Å². The van der Waals surface area contributed by atoms with Gasteiger partial charge in [-0.1, -0.05) is 29.8 Å². The molecule has 4 nitrogen and oxygen atoms in total. The first-order valence-electron chi connectivity index (χ1n) is 8.26. The summed E-state index contributed by atoms with van der Waals surface area (Å²) in [6.07, 6.45) is 3.29. The number of anilines is 1. The molecule has 0 amide bonds. The Morgan fingerprint density at radius 2 is 2.00 bits per heavy atom. The highest BCUT2D eigenvalue weighted by molar-refractivity contribution is 6.30. The molecule has 0 aliphatic heterocycles. The number of furan rings is 1. The molecule has 2 aromatic heterocycles. The van der Waals surface area contributed by atoms with E-state index in [1.165, 1.54) is 0 Å². The molecular weight excluding hydrogens is 348 g/mol. The number of fused-ring (bicyclic) bond motifs is 1. The highest BCUT2D eigenvalue weighted by Gasteiger charge is 2.22. The standard InChI is InChI=1S/C21H17ClN2O2/c1-13-12-15(22)7-9-17(13)24-20(18-5-3-11-26-18)16-8-6-14-4-2-10-23-19(14)21(16)25/h2-12,20,24-25H,1H3. The normalized spacial score (nSPS) is 12.2. The number of phenols is 1. The lowest BCUT2D eigenvalue weighted by Crippen LogP contribution is -2.13. The largest absolute Gasteiger partial charge is 0.505 e. The van der Waals surface area contributed by atoms with Crippen molar-refractivity contribution in [3.05, 3.63) is 89.0 Å². The number of aromatic hydroxyl groups is 1. The third-order valence-corrected chi connectivity index (χ3v) is 4.64. The summed E-state index contributed by atoms with van der Waals surface area (Å²) in [5, 5.41) is 15.9. The summed E-state index contributed by atoms with van der Waals surface area (Å²) < 4.78 is 5.63. The minimum atomic E-state index is -0.365. The Morgan fingerprint density at radius 1 is 1.12 bits per heavy atom. The van der Waals surface area contributed by atoms with Gasteiger partial charge in [-0.3, -0.25) is 4.98 Å². The van der Waals surface area contributed by atoms with Crippen LogP contribution in [-0.4, -0.2) is 10.1 Å². The monoisotopic (exact) mass is 364 g/mol. The number of aromatic nitrogens is 1. The Bertz CT molecular complexity index is 1060. The number of rotatable bonds is 4. The summed E-state index contributed by atoms with van der Waals surface area (Å²) in [6, 6.07) is 16.6. The average molecular weight is 365 g/mol. The second kappa shape index (κ2) is 6.73. The molecule has 0 aliphatic carbocycles. The molecule has 1 unspecified atom stereocenters. The van der Waals surface area contributed by atoms with E-state index in [0.29, 0.717) is 21.9 Å². The highest BCUT2D eigenvalue weighted by Crippen LogP contribution is 2.37. The fourth-order valence-electron chi connectivity index (χ4n) is 3.08. The fourth-order valence-corrected chi connectivity index (χ4v) is 3.31. The van der Waals surface area contributed by atoms with Crippen LogP contribution in [0.2, 0.25) is 5.02 Å². The van der Waals surface area contributed by atoms with Gasteiger partial charge in [0.15, 0.2) is 0 Å². The van der Waals surface area contributed by atoms with E-state index in [1.54, 1.807) is 12.5 Å². The van der Waals surface area contributed by atoms with Crippen molar-refractivity contribution in [3.8, 4) is 5.75 Å². The number of aryl methyl sites for hydroxylation is 1. The molecule has 0 fully saturated rings. The number of nitrogens with zero attached hydrogens (tertiary/aromatic N) is 1. The van der Waals surface area contributed by atoms with Gasteiger partial charge in [-0.15, -0.1) is 0 Å². The number of nitrogens with one attached hydrogen (secondary N) is 1. The van der Waals surface area contributed by atoms with Crippen LogP contribution < -0.4 is 5.32 Å². The fraction of sp³-hybridized carbons (Fsp3) is 0.0952. The van der Waals surface area contributed by atoms with E-state index < -0.39 is 0 Å². The first-order chi connectivity index (χ1) is 12.6. The Hall–Kier alpha value is -2.98. The predicted octanol–water partition coefficient (Wildman–Crippen LogP) is 5.70. The van der Waals surface area contributed by atoms with Crippen LogP contribution in [0.3, 0.4) is 0 Å². The van der Waals surface area contributed by atoms with Gasteiger partial charge in [-0.2, -0.15) is 0 Å². The minimum Gasteiger partial charge on any atom is -0.505 e. The second-order valence-electron chi connectivity index (χ2n) is 6.13. The van der Waals surface area contributed by atoms with Gasteiger partial charge in [0.05, 0.1) is 6.26 Å². The Morgan fingerprint density at radius 3 is 2.77 bits per heavy atom. The van der Waals surface area contributed by atoms with Crippen molar-refractivity contribution in [3.63, 3.8) is 0 Å². The topological polar surface area (TPSA) is 58.3 Å². The molecule has 2 N–H and O–H groups in total. The lowest BCUT2D eigenvalue weighted by atomic mass is 10.00. The van der Waals surface area contributed by atoms with Crippen LogP contribution in [-0.2, 0) is 0 Å². The van der Waals surface area contributed by atoms with Crippen LogP contribution in [0, 0.1) is 6.92 Å². The maximum Gasteiger partial charge on any atom is 0.147 e. The zero-order chi connectivity index (χ0) is 18.1. The van der Waals surface area contributed by atoms with Crippen molar-refractivity contribution in [1.29, 1.82) is 0 Å². The summed E-state index contributed by atoms with van der Waals surface area (Å²) in [6.45, 7) is 1.98. The molecule has 0 spiro atoms. The first kappa shape index (κ1) is 16.5. The summed E-state index contributed by atoms with van der Waals surface area (Å²) in [7, 11) is 0. The average Bonchev–Trinajstić information content (AvgIpc) is 3.17. The van der Waals surface area contributed by atoms with Gasteiger partial charge >= 0.3 is 0 Å². The zero-order valence-corrected chi connectivity index (χ0v) is 14.9. The minimum absolute atomic E-state index is 0.142. The van der Waals surface area contributed by atoms with E-state index in [1.807, 2.05) is 61.5 Å². The summed E-state index contributed by atoms with van der Waals surface area (Å²) >= 11 is 6.07. The van der Waals surface area contributed by atoms with Gasteiger partial charge in [-0.05, 0) is 48.9 Å². The predicted molar refractivity (Wildman–Crippen MR) is 104 cm³/mol. The summed E-state index contributed by atoms with van der Waals surface area (Å²) in [5.41, 5.74) is 3.18. The molecule has 0 radical (unpaired) electrons. The molecule has 130 valence electrons. The third kappa shape index (κ3) is 3.00. The number of phenolic OH excluding ortho intramolecular Hbond substituents is 1. The lowest BCUT2D eigenvalue weighted by Gasteiger charge is -2.21. The smallest absolute Gasteiger partial charge is 0.147 e. The molecule has 0 saturated carbocycles. The van der Waals surface area contributed by atoms with Crippen LogP contribution in [0.4, 0.5) is 5.69 Å². The Kier molecular flexibility index (Phi) is 4.27. The van der Waals surface area contributed by atoms with Gasteiger partial charge in [-0.25, -0.2) is 0 Å². The molecule has 4 rings (SSSR count). The van der Waals surface area contributed by atoms with E-state index in [4.69, 9.17) is 16.0 Å². The Balaban J connectivity index is 1.83. The number of pyridine rings is 1. The number of halogens is 1. The van der Waals surface area contributed by atoms with Gasteiger partial charge in [0.25, 0.3) is 0 Å². The van der Waals surface area contributed by atoms with E-state index in [2.05, 4.69) is 10.3 Å². The van der Waals surface area contributed by atoms with Crippen LogP contribution in [0.25, 0.3) is 10.9 Å². The molecule has 2 aromatic carbocycles. The van der Waals surface area contributed by atoms with Crippen LogP contribution >= 0.6 is 11.6 Å². The maximum atomic E-state index is 10.8. The zero-order valence-electron chi connectivity index (χ0n) is 14.1. The molecule has 2 heterocycles. The van der Waals surface area contributed by atoms with Gasteiger partial charge < -0.3 is 14.8 Å². The molecule has 0 aliphatic rings. The van der Waals surface area contributed by atoms with Crippen LogP contribution in [0.15, 0.2) is 71.5 Å². The van der Waals surface area contributed by atoms with Gasteiger partial charge in [0.2, 0.25) is 0 Å². The number of benzene rings is 2. The van der Waals surface area contributed by atoms with E-state index in [-0.39, 0.29) is 11.8 Å². The third-order valence-electron chi connectivity index (χ3n) is 4.41. The molecule has 0 bridgehead atoms. The summed E-state index contributed by atoms with van der Waals surface area (Å²) in [4.78, 5) is 4.32. The summed E-state index contributed by atoms with van der Waals surface area (Å²) in [5.74, 6) is 0.841. The second-order valence-corrected chi connectivity index (χ2v) is 6.57.